The van der Waals surface area contributed by atoms with Crippen molar-refractivity contribution in [2.24, 2.45) is 0 Å². The maximum atomic E-state index is 12.3. The van der Waals surface area contributed by atoms with Gasteiger partial charge in [-0.25, -0.2) is 9.78 Å². The van der Waals surface area contributed by atoms with Crippen LogP contribution >= 0.6 is 0 Å². The number of carbonyl (C=O) groups excluding carboxylic acids is 1. The fraction of sp³-hybridized carbons (Fsp3) is 0.0500. The summed E-state index contributed by atoms with van der Waals surface area (Å²) in [6, 6.07) is 18.3. The quantitative estimate of drug-likeness (QED) is 0.412. The van der Waals surface area contributed by atoms with Crippen molar-refractivity contribution in [2.45, 2.75) is 6.73 Å². The highest BCUT2D eigenvalue weighted by Gasteiger charge is 2.06. The summed E-state index contributed by atoms with van der Waals surface area (Å²) in [5.74, 6) is -0.605. The summed E-state index contributed by atoms with van der Waals surface area (Å²) in [6.45, 7) is -0.314. The van der Waals surface area contributed by atoms with Gasteiger partial charge in [-0.3, -0.25) is 4.79 Å². The molecule has 0 aliphatic rings. The normalized spacial score (nSPS) is 11.3. The number of para-hydroxylation sites is 1. The van der Waals surface area contributed by atoms with E-state index in [4.69, 9.17) is 4.74 Å². The number of rotatable bonds is 4. The number of hydrogen-bond acceptors (Lipinski definition) is 6. The van der Waals surface area contributed by atoms with Gasteiger partial charge in [0.15, 0.2) is 6.73 Å². The smallest absolute Gasteiger partial charge is 0.332 e. The van der Waals surface area contributed by atoms with E-state index in [9.17, 15) is 9.59 Å². The Balaban J connectivity index is 1.45. The maximum absolute atomic E-state index is 12.3. The molecule has 0 aliphatic carbocycles. The van der Waals surface area contributed by atoms with Gasteiger partial charge >= 0.3 is 5.97 Å². The highest BCUT2D eigenvalue weighted by atomic mass is 16.5. The molecule has 0 N–H and O–H groups in total. The van der Waals surface area contributed by atoms with E-state index in [1.165, 1.54) is 6.08 Å². The molecule has 0 saturated heterocycles. The zero-order valence-electron chi connectivity index (χ0n) is 14.1. The molecular formula is C20H14N4O3. The van der Waals surface area contributed by atoms with Crippen molar-refractivity contribution in [1.29, 1.82) is 0 Å². The molecule has 2 aromatic carbocycles. The lowest BCUT2D eigenvalue weighted by molar-refractivity contribution is -0.141. The zero-order chi connectivity index (χ0) is 18.6. The Labute approximate surface area is 153 Å². The van der Waals surface area contributed by atoms with E-state index < -0.39 is 5.97 Å². The van der Waals surface area contributed by atoms with Crippen LogP contribution in [0.3, 0.4) is 0 Å². The number of aromatic nitrogens is 4. The largest absolute Gasteiger partial charge is 0.439 e. The van der Waals surface area contributed by atoms with E-state index in [-0.39, 0.29) is 12.3 Å². The van der Waals surface area contributed by atoms with Gasteiger partial charge in [0.05, 0.1) is 16.6 Å². The number of ether oxygens (including phenoxy) is 1. The van der Waals surface area contributed by atoms with E-state index in [0.29, 0.717) is 16.6 Å². The molecule has 0 spiro atoms. The van der Waals surface area contributed by atoms with Crippen molar-refractivity contribution in [1.82, 2.24) is 20.0 Å². The van der Waals surface area contributed by atoms with E-state index in [1.807, 2.05) is 36.4 Å². The minimum Gasteiger partial charge on any atom is -0.439 e. The van der Waals surface area contributed by atoms with Crippen molar-refractivity contribution >= 4 is 33.9 Å². The summed E-state index contributed by atoms with van der Waals surface area (Å²) in [4.78, 5) is 28.7. The van der Waals surface area contributed by atoms with Crippen LogP contribution in [0.25, 0.3) is 27.9 Å². The van der Waals surface area contributed by atoms with Gasteiger partial charge in [0.2, 0.25) is 0 Å². The van der Waals surface area contributed by atoms with Gasteiger partial charge < -0.3 is 4.74 Å². The molecule has 0 unspecified atom stereocenters. The van der Waals surface area contributed by atoms with Gasteiger partial charge in [0.25, 0.3) is 5.56 Å². The Morgan fingerprint density at radius 1 is 1.00 bits per heavy atom. The number of benzene rings is 2. The van der Waals surface area contributed by atoms with Crippen molar-refractivity contribution in [2.75, 3.05) is 0 Å². The molecular weight excluding hydrogens is 344 g/mol. The Bertz CT molecular complexity index is 1230. The summed E-state index contributed by atoms with van der Waals surface area (Å²) >= 11 is 0. The molecule has 0 atom stereocenters. The second kappa shape index (κ2) is 7.17. The Morgan fingerprint density at radius 3 is 2.67 bits per heavy atom. The highest BCUT2D eigenvalue weighted by Crippen LogP contribution is 2.12. The molecule has 4 rings (SSSR count). The third kappa shape index (κ3) is 3.57. The van der Waals surface area contributed by atoms with Crippen LogP contribution in [0.15, 0.2) is 71.5 Å². The summed E-state index contributed by atoms with van der Waals surface area (Å²) in [6.07, 6.45) is 2.82. The minimum atomic E-state index is -0.605. The summed E-state index contributed by atoms with van der Waals surface area (Å²) in [5, 5.41) is 9.14. The standard InChI is InChI=1S/C20H14N4O3/c25-19(12-11-15-10-9-14-5-1-3-7-17(14)21-15)27-13-24-20(26)16-6-2-4-8-18(16)22-23-24/h1-12H,13H2/b12-11+. The first-order valence-electron chi connectivity index (χ1n) is 8.24. The summed E-state index contributed by atoms with van der Waals surface area (Å²) in [5.41, 5.74) is 1.60. The van der Waals surface area contributed by atoms with E-state index in [0.717, 1.165) is 15.6 Å². The molecule has 0 saturated carbocycles. The second-order valence-electron chi connectivity index (χ2n) is 5.77. The maximum Gasteiger partial charge on any atom is 0.332 e. The molecule has 2 aromatic heterocycles. The predicted octanol–water partition coefficient (Wildman–Crippen LogP) is 2.55. The molecule has 0 fully saturated rings. The molecule has 0 radical (unpaired) electrons. The lowest BCUT2D eigenvalue weighted by Gasteiger charge is -2.04. The molecule has 0 bridgehead atoms. The SMILES string of the molecule is O=C(/C=C/c1ccc2ccccc2n1)OCn1nnc2ccccc2c1=O. The summed E-state index contributed by atoms with van der Waals surface area (Å²) in [7, 11) is 0. The van der Waals surface area contributed by atoms with Crippen molar-refractivity contribution in [3.63, 3.8) is 0 Å². The van der Waals surface area contributed by atoms with Crippen molar-refractivity contribution in [3.05, 3.63) is 82.8 Å². The number of nitrogens with zero attached hydrogens (tertiary/aromatic N) is 4. The van der Waals surface area contributed by atoms with Gasteiger partial charge in [-0.05, 0) is 30.3 Å². The number of esters is 1. The number of hydrogen-bond donors (Lipinski definition) is 0. The van der Waals surface area contributed by atoms with E-state index in [1.54, 1.807) is 30.3 Å². The van der Waals surface area contributed by atoms with Gasteiger partial charge in [0.1, 0.15) is 5.52 Å². The molecule has 7 nitrogen and oxygen atoms in total. The van der Waals surface area contributed by atoms with Gasteiger partial charge in [-0.1, -0.05) is 41.6 Å². The fourth-order valence-corrected chi connectivity index (χ4v) is 2.61. The first-order valence-corrected chi connectivity index (χ1v) is 8.24. The molecule has 132 valence electrons. The monoisotopic (exact) mass is 358 g/mol. The third-order valence-electron chi connectivity index (χ3n) is 3.97. The average Bonchev–Trinajstić information content (AvgIpc) is 2.72. The number of pyridine rings is 1. The van der Waals surface area contributed by atoms with Gasteiger partial charge in [0, 0.05) is 11.5 Å². The predicted molar refractivity (Wildman–Crippen MR) is 101 cm³/mol. The van der Waals surface area contributed by atoms with Crippen LogP contribution in [0.2, 0.25) is 0 Å². The number of carbonyl (C=O) groups is 1. The highest BCUT2D eigenvalue weighted by molar-refractivity contribution is 5.87. The lowest BCUT2D eigenvalue weighted by atomic mass is 10.2. The zero-order valence-corrected chi connectivity index (χ0v) is 14.1. The van der Waals surface area contributed by atoms with E-state index >= 15 is 0 Å². The molecule has 0 amide bonds. The minimum absolute atomic E-state index is 0.314. The van der Waals surface area contributed by atoms with E-state index in [2.05, 4.69) is 15.3 Å². The number of fused-ring (bicyclic) bond motifs is 2. The first-order chi connectivity index (χ1) is 13.2. The fourth-order valence-electron chi connectivity index (χ4n) is 2.61. The second-order valence-corrected chi connectivity index (χ2v) is 5.77. The van der Waals surface area contributed by atoms with Crippen molar-refractivity contribution < 1.29 is 9.53 Å². The topological polar surface area (TPSA) is 87.0 Å². The lowest BCUT2D eigenvalue weighted by Crippen LogP contribution is -2.26. The van der Waals surface area contributed by atoms with Crippen LogP contribution in [0.5, 0.6) is 0 Å². The van der Waals surface area contributed by atoms with Crippen LogP contribution in [0, 0.1) is 0 Å². The van der Waals surface area contributed by atoms with Gasteiger partial charge in [-0.2, -0.15) is 4.68 Å². The van der Waals surface area contributed by atoms with Crippen LogP contribution in [0.1, 0.15) is 5.69 Å². The Hall–Kier alpha value is -3.87. The summed E-state index contributed by atoms with van der Waals surface area (Å²) < 4.78 is 6.08. The molecule has 0 aliphatic heterocycles. The average molecular weight is 358 g/mol. The van der Waals surface area contributed by atoms with Crippen LogP contribution in [-0.2, 0) is 16.3 Å². The van der Waals surface area contributed by atoms with Crippen molar-refractivity contribution in [3.8, 4) is 0 Å². The molecule has 2 heterocycles. The van der Waals surface area contributed by atoms with Gasteiger partial charge in [-0.15, -0.1) is 5.10 Å². The third-order valence-corrected chi connectivity index (χ3v) is 3.97. The first kappa shape index (κ1) is 16.6. The Morgan fingerprint density at radius 2 is 1.78 bits per heavy atom. The van der Waals surface area contributed by atoms with Crippen LogP contribution in [0.4, 0.5) is 0 Å². The molecule has 7 heteroatoms. The Kier molecular flexibility index (Phi) is 4.40. The van der Waals surface area contributed by atoms with Crippen LogP contribution < -0.4 is 5.56 Å². The van der Waals surface area contributed by atoms with Crippen LogP contribution in [-0.4, -0.2) is 25.9 Å². The molecule has 27 heavy (non-hydrogen) atoms. The molecule has 4 aromatic rings.